The van der Waals surface area contributed by atoms with Crippen molar-refractivity contribution in [3.63, 3.8) is 0 Å². The Labute approximate surface area is 122 Å². The Hall–Kier alpha value is -2.92. The number of hydrogen-bond donors (Lipinski definition) is 2. The molecule has 3 rings (SSSR count). The minimum atomic E-state index is -0.365. The minimum Gasteiger partial charge on any atom is -0.290 e. The number of nitrogen functional groups attached to an aromatic ring is 1. The molecule has 2 aromatic carbocycles. The molecule has 1 aromatic heterocycles. The normalized spacial score (nSPS) is 10.3. The average Bonchev–Trinajstić information content (AvgIpc) is 3.01. The summed E-state index contributed by atoms with van der Waals surface area (Å²) in [6.45, 7) is 0. The van der Waals surface area contributed by atoms with Gasteiger partial charge >= 0.3 is 0 Å². The maximum absolute atomic E-state index is 12.0. The van der Waals surface area contributed by atoms with Crippen molar-refractivity contribution in [3.8, 4) is 16.9 Å². The third-order valence-corrected chi connectivity index (χ3v) is 3.16. The van der Waals surface area contributed by atoms with E-state index in [-0.39, 0.29) is 5.91 Å². The number of nitrogens with one attached hydrogen (secondary N) is 1. The zero-order chi connectivity index (χ0) is 14.7. The lowest BCUT2D eigenvalue weighted by Gasteiger charge is -2.00. The molecule has 5 nitrogen and oxygen atoms in total. The number of hydrazine groups is 1. The summed E-state index contributed by atoms with van der Waals surface area (Å²) in [5.41, 5.74) is 4.95. The summed E-state index contributed by atoms with van der Waals surface area (Å²) in [5, 5.41) is 4.52. The molecule has 0 aliphatic rings. The van der Waals surface area contributed by atoms with Gasteiger partial charge < -0.3 is 0 Å². The first-order valence-electron chi connectivity index (χ1n) is 6.51. The molecule has 0 saturated carbocycles. The summed E-state index contributed by atoms with van der Waals surface area (Å²) in [7, 11) is 0. The molecule has 104 valence electrons. The van der Waals surface area contributed by atoms with Crippen LogP contribution in [-0.2, 0) is 0 Å². The molecule has 0 atom stereocenters. The molecule has 0 fully saturated rings. The standard InChI is InChI=1S/C16H14N4O/c17-18-16(21)14-11-20(13-9-5-2-6-10-13)19-15(14)12-7-3-1-4-8-12/h1-11H,17H2,(H,18,21). The average molecular weight is 278 g/mol. The Morgan fingerprint density at radius 1 is 1.00 bits per heavy atom. The number of hydrogen-bond acceptors (Lipinski definition) is 3. The fraction of sp³-hybridized carbons (Fsp3) is 0. The minimum absolute atomic E-state index is 0.365. The van der Waals surface area contributed by atoms with Gasteiger partial charge in [0.1, 0.15) is 5.69 Å². The zero-order valence-electron chi connectivity index (χ0n) is 11.2. The Balaban J connectivity index is 2.14. The van der Waals surface area contributed by atoms with E-state index in [0.29, 0.717) is 11.3 Å². The molecule has 0 aliphatic heterocycles. The molecular formula is C16H14N4O. The van der Waals surface area contributed by atoms with E-state index in [4.69, 9.17) is 5.84 Å². The highest BCUT2D eigenvalue weighted by atomic mass is 16.2. The number of aromatic nitrogens is 2. The molecular weight excluding hydrogens is 264 g/mol. The maximum Gasteiger partial charge on any atom is 0.269 e. The van der Waals surface area contributed by atoms with Gasteiger partial charge in [0.15, 0.2) is 0 Å². The van der Waals surface area contributed by atoms with Gasteiger partial charge in [0.25, 0.3) is 5.91 Å². The number of rotatable bonds is 3. The number of benzene rings is 2. The molecule has 5 heteroatoms. The van der Waals surface area contributed by atoms with Crippen LogP contribution >= 0.6 is 0 Å². The van der Waals surface area contributed by atoms with E-state index in [9.17, 15) is 4.79 Å². The van der Waals surface area contributed by atoms with Crippen LogP contribution in [0.5, 0.6) is 0 Å². The summed E-state index contributed by atoms with van der Waals surface area (Å²) in [4.78, 5) is 12.0. The number of amides is 1. The van der Waals surface area contributed by atoms with Crippen molar-refractivity contribution >= 4 is 5.91 Å². The zero-order valence-corrected chi connectivity index (χ0v) is 11.2. The van der Waals surface area contributed by atoms with Gasteiger partial charge in [-0.3, -0.25) is 10.2 Å². The topological polar surface area (TPSA) is 72.9 Å². The second kappa shape index (κ2) is 5.60. The van der Waals surface area contributed by atoms with Crippen molar-refractivity contribution in [2.24, 2.45) is 5.84 Å². The second-order valence-corrected chi connectivity index (χ2v) is 4.51. The van der Waals surface area contributed by atoms with E-state index >= 15 is 0 Å². The first kappa shape index (κ1) is 13.1. The van der Waals surface area contributed by atoms with Gasteiger partial charge in [-0.2, -0.15) is 5.10 Å². The van der Waals surface area contributed by atoms with Gasteiger partial charge in [-0.05, 0) is 12.1 Å². The van der Waals surface area contributed by atoms with Crippen molar-refractivity contribution in [2.45, 2.75) is 0 Å². The highest BCUT2D eigenvalue weighted by molar-refractivity contribution is 5.99. The SMILES string of the molecule is NNC(=O)c1cn(-c2ccccc2)nc1-c1ccccc1. The summed E-state index contributed by atoms with van der Waals surface area (Å²) >= 11 is 0. The molecule has 1 heterocycles. The van der Waals surface area contributed by atoms with Gasteiger partial charge in [0.05, 0.1) is 11.3 Å². The van der Waals surface area contributed by atoms with Crippen LogP contribution in [0.1, 0.15) is 10.4 Å². The number of carbonyl (C=O) groups is 1. The van der Waals surface area contributed by atoms with Crippen molar-refractivity contribution < 1.29 is 4.79 Å². The van der Waals surface area contributed by atoms with Gasteiger partial charge in [0.2, 0.25) is 0 Å². The monoisotopic (exact) mass is 278 g/mol. The van der Waals surface area contributed by atoms with Crippen molar-refractivity contribution in [1.82, 2.24) is 15.2 Å². The van der Waals surface area contributed by atoms with Gasteiger partial charge in [-0.1, -0.05) is 48.5 Å². The molecule has 0 radical (unpaired) electrons. The largest absolute Gasteiger partial charge is 0.290 e. The third-order valence-electron chi connectivity index (χ3n) is 3.16. The summed E-state index contributed by atoms with van der Waals surface area (Å²) in [6, 6.07) is 19.2. The van der Waals surface area contributed by atoms with Crippen LogP contribution < -0.4 is 11.3 Å². The number of carbonyl (C=O) groups excluding carboxylic acids is 1. The quantitative estimate of drug-likeness (QED) is 0.438. The lowest BCUT2D eigenvalue weighted by molar-refractivity contribution is 0.0954. The lowest BCUT2D eigenvalue weighted by Crippen LogP contribution is -2.30. The Morgan fingerprint density at radius 2 is 1.62 bits per heavy atom. The fourth-order valence-corrected chi connectivity index (χ4v) is 2.14. The number of nitrogens with two attached hydrogens (primary N) is 1. The molecule has 0 saturated heterocycles. The number of para-hydroxylation sites is 1. The molecule has 0 unspecified atom stereocenters. The first-order chi connectivity index (χ1) is 10.3. The van der Waals surface area contributed by atoms with Crippen molar-refractivity contribution in [3.05, 3.63) is 72.4 Å². The lowest BCUT2D eigenvalue weighted by atomic mass is 10.1. The van der Waals surface area contributed by atoms with Crippen LogP contribution in [0.2, 0.25) is 0 Å². The number of nitrogens with zero attached hydrogens (tertiary/aromatic N) is 2. The smallest absolute Gasteiger partial charge is 0.269 e. The molecule has 3 aromatic rings. The van der Waals surface area contributed by atoms with Crippen LogP contribution in [0.4, 0.5) is 0 Å². The second-order valence-electron chi connectivity index (χ2n) is 4.51. The highest BCUT2D eigenvalue weighted by Gasteiger charge is 2.17. The molecule has 0 bridgehead atoms. The van der Waals surface area contributed by atoms with E-state index in [1.165, 1.54) is 0 Å². The predicted molar refractivity (Wildman–Crippen MR) is 80.7 cm³/mol. The molecule has 1 amide bonds. The Morgan fingerprint density at radius 3 is 2.24 bits per heavy atom. The van der Waals surface area contributed by atoms with Crippen molar-refractivity contribution in [2.75, 3.05) is 0 Å². The Kier molecular flexibility index (Phi) is 3.49. The fourth-order valence-electron chi connectivity index (χ4n) is 2.14. The molecule has 3 N–H and O–H groups in total. The first-order valence-corrected chi connectivity index (χ1v) is 6.51. The van der Waals surface area contributed by atoms with Gasteiger partial charge in [-0.25, -0.2) is 10.5 Å². The summed E-state index contributed by atoms with van der Waals surface area (Å²) in [5.74, 6) is 4.90. The van der Waals surface area contributed by atoms with Crippen LogP contribution in [0.15, 0.2) is 66.9 Å². The third kappa shape index (κ3) is 2.54. The van der Waals surface area contributed by atoms with E-state index in [1.807, 2.05) is 60.7 Å². The van der Waals surface area contributed by atoms with E-state index in [2.05, 4.69) is 10.5 Å². The van der Waals surface area contributed by atoms with Crippen LogP contribution in [0, 0.1) is 0 Å². The van der Waals surface area contributed by atoms with Crippen molar-refractivity contribution in [1.29, 1.82) is 0 Å². The molecule has 21 heavy (non-hydrogen) atoms. The van der Waals surface area contributed by atoms with E-state index in [1.54, 1.807) is 10.9 Å². The molecule has 0 aliphatic carbocycles. The Bertz CT molecular complexity index is 750. The van der Waals surface area contributed by atoms with Gasteiger partial charge in [0, 0.05) is 11.8 Å². The van der Waals surface area contributed by atoms with E-state index in [0.717, 1.165) is 11.3 Å². The predicted octanol–water partition coefficient (Wildman–Crippen LogP) is 2.14. The molecule has 0 spiro atoms. The van der Waals surface area contributed by atoms with E-state index < -0.39 is 0 Å². The van der Waals surface area contributed by atoms with Crippen LogP contribution in [-0.4, -0.2) is 15.7 Å². The summed E-state index contributed by atoms with van der Waals surface area (Å²) in [6.07, 6.45) is 1.68. The maximum atomic E-state index is 12.0. The highest BCUT2D eigenvalue weighted by Crippen LogP contribution is 2.23. The summed E-state index contributed by atoms with van der Waals surface area (Å²) < 4.78 is 1.67. The van der Waals surface area contributed by atoms with Crippen LogP contribution in [0.25, 0.3) is 16.9 Å². The van der Waals surface area contributed by atoms with Crippen LogP contribution in [0.3, 0.4) is 0 Å². The van der Waals surface area contributed by atoms with Gasteiger partial charge in [-0.15, -0.1) is 0 Å².